The minimum atomic E-state index is -3.96. The summed E-state index contributed by atoms with van der Waals surface area (Å²) in [5.74, 6) is -1.27. The molecule has 0 radical (unpaired) electrons. The van der Waals surface area contributed by atoms with Gasteiger partial charge in [-0.05, 0) is 45.6 Å². The highest BCUT2D eigenvalue weighted by molar-refractivity contribution is 9.11. The Morgan fingerprint density at radius 2 is 1.95 bits per heavy atom. The van der Waals surface area contributed by atoms with Crippen LogP contribution in [0.4, 0.5) is 5.69 Å². The fraction of sp³-hybridized carbons (Fsp3) is 0. The lowest BCUT2D eigenvalue weighted by Gasteiger charge is -2.09. The van der Waals surface area contributed by atoms with E-state index in [0.717, 1.165) is 11.3 Å². The quantitative estimate of drug-likeness (QED) is 0.757. The molecule has 1 aromatic heterocycles. The molecule has 1 heterocycles. The second-order valence-electron chi connectivity index (χ2n) is 3.65. The normalized spacial score (nSPS) is 11.3. The number of hydrogen-bond acceptors (Lipinski definition) is 4. The zero-order chi connectivity index (χ0) is 14.9. The minimum Gasteiger partial charge on any atom is -0.477 e. The van der Waals surface area contributed by atoms with Gasteiger partial charge in [-0.1, -0.05) is 15.9 Å². The molecule has 0 unspecified atom stereocenters. The molecular weight excluding hydrogens is 434 g/mol. The number of hydrogen-bond donors (Lipinski definition) is 2. The van der Waals surface area contributed by atoms with Gasteiger partial charge in [0.05, 0.1) is 5.69 Å². The summed E-state index contributed by atoms with van der Waals surface area (Å²) in [6, 6.07) is 6.26. The zero-order valence-corrected chi connectivity index (χ0v) is 14.4. The Balaban J connectivity index is 2.44. The SMILES string of the molecule is O=C(O)c1sccc1S(=O)(=O)Nc1cc(Br)ccc1Br. The highest BCUT2D eigenvalue weighted by Gasteiger charge is 2.24. The molecule has 1 aromatic carbocycles. The van der Waals surface area contributed by atoms with Crippen molar-refractivity contribution < 1.29 is 18.3 Å². The fourth-order valence-electron chi connectivity index (χ4n) is 1.44. The van der Waals surface area contributed by atoms with E-state index in [1.165, 1.54) is 11.4 Å². The number of aromatic carboxylic acids is 1. The topological polar surface area (TPSA) is 83.5 Å². The van der Waals surface area contributed by atoms with E-state index >= 15 is 0 Å². The molecular formula is C11H7Br2NO4S2. The zero-order valence-electron chi connectivity index (χ0n) is 9.63. The predicted octanol–water partition coefficient (Wildman–Crippen LogP) is 3.77. The van der Waals surface area contributed by atoms with Crippen LogP contribution in [0, 0.1) is 0 Å². The lowest BCUT2D eigenvalue weighted by atomic mass is 10.3. The lowest BCUT2D eigenvalue weighted by molar-refractivity contribution is 0.0698. The molecule has 0 atom stereocenters. The van der Waals surface area contributed by atoms with E-state index in [-0.39, 0.29) is 9.77 Å². The highest BCUT2D eigenvalue weighted by Crippen LogP contribution is 2.30. The standard InChI is InChI=1S/C11H7Br2NO4S2/c12-6-1-2-7(13)8(5-6)14-20(17,18)9-3-4-19-10(9)11(15)16/h1-5,14H,(H,15,16). The molecule has 5 nitrogen and oxygen atoms in total. The molecule has 0 fully saturated rings. The number of rotatable bonds is 4. The molecule has 9 heteroatoms. The summed E-state index contributed by atoms with van der Waals surface area (Å²) in [5.41, 5.74) is 0.321. The Labute approximate surface area is 135 Å². The van der Waals surface area contributed by atoms with E-state index in [2.05, 4.69) is 36.6 Å². The van der Waals surface area contributed by atoms with Crippen LogP contribution in [0.1, 0.15) is 9.67 Å². The number of thiophene rings is 1. The van der Waals surface area contributed by atoms with Crippen molar-refractivity contribution in [3.05, 3.63) is 43.5 Å². The minimum absolute atomic E-state index is 0.219. The van der Waals surface area contributed by atoms with E-state index in [9.17, 15) is 13.2 Å². The second-order valence-corrected chi connectivity index (χ2v) is 7.99. The van der Waals surface area contributed by atoms with Crippen molar-refractivity contribution in [2.75, 3.05) is 4.72 Å². The van der Waals surface area contributed by atoms with Crippen LogP contribution < -0.4 is 4.72 Å². The van der Waals surface area contributed by atoms with Crippen molar-refractivity contribution in [3.63, 3.8) is 0 Å². The van der Waals surface area contributed by atoms with Crippen molar-refractivity contribution in [2.45, 2.75) is 4.90 Å². The molecule has 20 heavy (non-hydrogen) atoms. The monoisotopic (exact) mass is 439 g/mol. The Kier molecular flexibility index (Phi) is 4.52. The van der Waals surface area contributed by atoms with Gasteiger partial charge in [0.25, 0.3) is 10.0 Å². The molecule has 0 aliphatic carbocycles. The number of carbonyl (C=O) groups is 1. The molecule has 0 saturated carbocycles. The van der Waals surface area contributed by atoms with Gasteiger partial charge in [-0.15, -0.1) is 11.3 Å². The average Bonchev–Trinajstić information content (AvgIpc) is 2.83. The third-order valence-corrected chi connectivity index (χ3v) is 5.91. The third-order valence-electron chi connectivity index (χ3n) is 2.29. The Morgan fingerprint density at radius 1 is 1.25 bits per heavy atom. The van der Waals surface area contributed by atoms with Crippen molar-refractivity contribution in [3.8, 4) is 0 Å². The van der Waals surface area contributed by atoms with Crippen LogP contribution in [0.15, 0.2) is 43.5 Å². The first-order chi connectivity index (χ1) is 9.31. The van der Waals surface area contributed by atoms with Gasteiger partial charge in [-0.25, -0.2) is 13.2 Å². The molecule has 0 aliphatic heterocycles. The van der Waals surface area contributed by atoms with Crippen LogP contribution in [-0.4, -0.2) is 19.5 Å². The predicted molar refractivity (Wildman–Crippen MR) is 83.9 cm³/mol. The summed E-state index contributed by atoms with van der Waals surface area (Å²) in [6.07, 6.45) is 0. The third kappa shape index (κ3) is 3.22. The maximum atomic E-state index is 12.2. The number of nitrogens with one attached hydrogen (secondary N) is 1. The molecule has 2 N–H and O–H groups in total. The number of sulfonamides is 1. The highest BCUT2D eigenvalue weighted by atomic mass is 79.9. The molecule has 0 amide bonds. The van der Waals surface area contributed by atoms with E-state index in [1.807, 2.05) is 0 Å². The maximum Gasteiger partial charge on any atom is 0.347 e. The average molecular weight is 441 g/mol. The van der Waals surface area contributed by atoms with Gasteiger partial charge < -0.3 is 5.11 Å². The first-order valence-electron chi connectivity index (χ1n) is 5.10. The summed E-state index contributed by atoms with van der Waals surface area (Å²) < 4.78 is 28.1. The van der Waals surface area contributed by atoms with Crippen LogP contribution in [0.25, 0.3) is 0 Å². The summed E-state index contributed by atoms with van der Waals surface area (Å²) >= 11 is 7.34. The van der Waals surface area contributed by atoms with Crippen LogP contribution in [-0.2, 0) is 10.0 Å². The molecule has 0 bridgehead atoms. The summed E-state index contributed by atoms with van der Waals surface area (Å²) in [4.78, 5) is 10.5. The smallest absolute Gasteiger partial charge is 0.347 e. The van der Waals surface area contributed by atoms with Crippen LogP contribution in [0.5, 0.6) is 0 Å². The van der Waals surface area contributed by atoms with Crippen molar-refractivity contribution in [1.29, 1.82) is 0 Å². The molecule has 2 rings (SSSR count). The number of benzene rings is 1. The van der Waals surface area contributed by atoms with Crippen molar-refractivity contribution in [1.82, 2.24) is 0 Å². The van der Waals surface area contributed by atoms with Crippen molar-refractivity contribution >= 4 is 64.9 Å². The first-order valence-corrected chi connectivity index (χ1v) is 9.05. The van der Waals surface area contributed by atoms with Crippen LogP contribution in [0.3, 0.4) is 0 Å². The van der Waals surface area contributed by atoms with Gasteiger partial charge in [-0.2, -0.15) is 0 Å². The molecule has 0 spiro atoms. The largest absolute Gasteiger partial charge is 0.477 e. The summed E-state index contributed by atoms with van der Waals surface area (Å²) in [6.45, 7) is 0. The van der Waals surface area contributed by atoms with Crippen LogP contribution >= 0.6 is 43.2 Å². The Hall–Kier alpha value is -0.900. The number of halogens is 2. The van der Waals surface area contributed by atoms with E-state index in [0.29, 0.717) is 14.6 Å². The summed E-state index contributed by atoms with van der Waals surface area (Å²) in [7, 11) is -3.96. The maximum absolute atomic E-state index is 12.2. The molecule has 2 aromatic rings. The number of anilines is 1. The number of carboxylic acid groups (broad SMARTS) is 1. The van der Waals surface area contributed by atoms with Crippen molar-refractivity contribution in [2.24, 2.45) is 0 Å². The van der Waals surface area contributed by atoms with Gasteiger partial charge in [0, 0.05) is 8.95 Å². The van der Waals surface area contributed by atoms with E-state index in [1.54, 1.807) is 18.2 Å². The Morgan fingerprint density at radius 3 is 2.60 bits per heavy atom. The lowest BCUT2D eigenvalue weighted by Crippen LogP contribution is -2.15. The Bertz CT molecular complexity index is 770. The fourth-order valence-corrected chi connectivity index (χ4v) is 4.61. The van der Waals surface area contributed by atoms with Gasteiger partial charge in [0.1, 0.15) is 9.77 Å². The van der Waals surface area contributed by atoms with Gasteiger partial charge in [0.15, 0.2) is 0 Å². The first kappa shape index (κ1) is 15.5. The van der Waals surface area contributed by atoms with Gasteiger partial charge in [-0.3, -0.25) is 4.72 Å². The molecule has 0 saturated heterocycles. The van der Waals surface area contributed by atoms with Gasteiger partial charge in [0.2, 0.25) is 0 Å². The van der Waals surface area contributed by atoms with E-state index < -0.39 is 16.0 Å². The molecule has 106 valence electrons. The van der Waals surface area contributed by atoms with E-state index in [4.69, 9.17) is 5.11 Å². The van der Waals surface area contributed by atoms with Crippen LogP contribution in [0.2, 0.25) is 0 Å². The number of carboxylic acids is 1. The second kappa shape index (κ2) is 5.84. The molecule has 0 aliphatic rings. The van der Waals surface area contributed by atoms with Gasteiger partial charge >= 0.3 is 5.97 Å². The summed E-state index contributed by atoms with van der Waals surface area (Å²) in [5, 5.41) is 10.4.